The van der Waals surface area contributed by atoms with Gasteiger partial charge in [-0.3, -0.25) is 0 Å². The van der Waals surface area contributed by atoms with Gasteiger partial charge in [-0.15, -0.1) is 4.40 Å². The third kappa shape index (κ3) is 1.63. The van der Waals surface area contributed by atoms with Crippen LogP contribution in [0.4, 0.5) is 5.82 Å². The van der Waals surface area contributed by atoms with E-state index < -0.39 is 10.0 Å². The molecule has 0 spiro atoms. The highest BCUT2D eigenvalue weighted by molar-refractivity contribution is 7.90. The Morgan fingerprint density at radius 3 is 2.67 bits per heavy atom. The van der Waals surface area contributed by atoms with Crippen molar-refractivity contribution in [3.05, 3.63) is 6.39 Å². The first-order chi connectivity index (χ1) is 6.81. The number of oxazole rings is 1. The summed E-state index contributed by atoms with van der Waals surface area (Å²) in [6.45, 7) is 5.58. The van der Waals surface area contributed by atoms with E-state index in [1.54, 1.807) is 0 Å². The molecule has 0 fully saturated rings. The van der Waals surface area contributed by atoms with Gasteiger partial charge in [0, 0.05) is 5.41 Å². The van der Waals surface area contributed by atoms with Gasteiger partial charge in [0.05, 0.1) is 0 Å². The standard InChI is InChI=1S/C8H11N3O3S/c1-8(2,3)7-10-5-6(14-4-9-5)15(12,13)11-7/h4H,1-3H3,(H,10,11). The summed E-state index contributed by atoms with van der Waals surface area (Å²) in [6.07, 6.45) is 1.08. The Kier molecular flexibility index (Phi) is 1.91. The van der Waals surface area contributed by atoms with Crippen molar-refractivity contribution in [1.29, 1.82) is 0 Å². The monoisotopic (exact) mass is 229 g/mol. The maximum absolute atomic E-state index is 11.6. The van der Waals surface area contributed by atoms with Crippen LogP contribution < -0.4 is 5.32 Å². The van der Waals surface area contributed by atoms with E-state index in [1.165, 1.54) is 0 Å². The molecule has 2 rings (SSSR count). The summed E-state index contributed by atoms with van der Waals surface area (Å²) in [6, 6.07) is 0. The van der Waals surface area contributed by atoms with Crippen LogP contribution in [0, 0.1) is 5.41 Å². The van der Waals surface area contributed by atoms with Crippen LogP contribution in [0.5, 0.6) is 0 Å². The fraction of sp³-hybridized carbons (Fsp3) is 0.500. The van der Waals surface area contributed by atoms with Gasteiger partial charge in [0.15, 0.2) is 12.2 Å². The third-order valence-corrected chi connectivity index (χ3v) is 3.11. The van der Waals surface area contributed by atoms with Crippen LogP contribution in [0.25, 0.3) is 0 Å². The van der Waals surface area contributed by atoms with Crippen LogP contribution in [0.1, 0.15) is 20.8 Å². The number of amidine groups is 1. The Morgan fingerprint density at radius 1 is 1.40 bits per heavy atom. The quantitative estimate of drug-likeness (QED) is 0.723. The van der Waals surface area contributed by atoms with Crippen molar-refractivity contribution in [3.8, 4) is 0 Å². The molecule has 0 saturated heterocycles. The van der Waals surface area contributed by atoms with Gasteiger partial charge >= 0.3 is 10.0 Å². The van der Waals surface area contributed by atoms with Gasteiger partial charge in [-0.25, -0.2) is 0 Å². The van der Waals surface area contributed by atoms with E-state index in [4.69, 9.17) is 4.42 Å². The van der Waals surface area contributed by atoms with Crippen LogP contribution in [-0.4, -0.2) is 19.2 Å². The zero-order valence-corrected chi connectivity index (χ0v) is 9.42. The molecule has 0 aromatic carbocycles. The molecular formula is C8H11N3O3S. The highest BCUT2D eigenvalue weighted by atomic mass is 32.2. The van der Waals surface area contributed by atoms with Crippen LogP contribution in [0.3, 0.4) is 0 Å². The second-order valence-electron chi connectivity index (χ2n) is 4.28. The van der Waals surface area contributed by atoms with E-state index in [0.717, 1.165) is 6.39 Å². The highest BCUT2D eigenvalue weighted by Gasteiger charge is 2.33. The lowest BCUT2D eigenvalue weighted by Gasteiger charge is -2.23. The van der Waals surface area contributed by atoms with Gasteiger partial charge in [0.1, 0.15) is 5.84 Å². The fourth-order valence-corrected chi connectivity index (χ4v) is 2.28. The molecule has 1 aromatic rings. The molecule has 1 aliphatic heterocycles. The van der Waals surface area contributed by atoms with Crippen LogP contribution in [0.2, 0.25) is 0 Å². The summed E-state index contributed by atoms with van der Waals surface area (Å²) in [5, 5.41) is 2.61. The number of nitrogens with zero attached hydrogens (tertiary/aromatic N) is 2. The smallest absolute Gasteiger partial charge is 0.321 e. The summed E-state index contributed by atoms with van der Waals surface area (Å²) in [5.74, 6) is 0.568. The van der Waals surface area contributed by atoms with Crippen LogP contribution in [0.15, 0.2) is 20.3 Å². The van der Waals surface area contributed by atoms with Crippen LogP contribution in [-0.2, 0) is 10.0 Å². The van der Waals surface area contributed by atoms with E-state index in [1.807, 2.05) is 20.8 Å². The predicted molar refractivity (Wildman–Crippen MR) is 54.2 cm³/mol. The number of hydrogen-bond donors (Lipinski definition) is 1. The second kappa shape index (κ2) is 2.82. The topological polar surface area (TPSA) is 84.6 Å². The molecule has 0 bridgehead atoms. The average Bonchev–Trinajstić information content (AvgIpc) is 2.49. The maximum Gasteiger partial charge on any atom is 0.321 e. The lowest BCUT2D eigenvalue weighted by atomic mass is 9.95. The minimum Gasteiger partial charge on any atom is -0.428 e. The summed E-state index contributed by atoms with van der Waals surface area (Å²) in [4.78, 5) is 3.78. The molecule has 1 N–H and O–H groups in total. The first kappa shape index (κ1) is 10.2. The number of nitrogens with one attached hydrogen (secondary N) is 1. The summed E-state index contributed by atoms with van der Waals surface area (Å²) in [7, 11) is -3.73. The fourth-order valence-electron chi connectivity index (χ4n) is 1.12. The number of aromatic nitrogens is 1. The Bertz CT molecular complexity index is 522. The molecule has 1 aromatic heterocycles. The van der Waals surface area contributed by atoms with Crippen molar-refractivity contribution < 1.29 is 12.8 Å². The van der Waals surface area contributed by atoms with Crippen LogP contribution >= 0.6 is 0 Å². The minimum absolute atomic E-state index is 0.204. The summed E-state index contributed by atoms with van der Waals surface area (Å²) >= 11 is 0. The molecule has 0 aliphatic carbocycles. The Morgan fingerprint density at radius 2 is 2.07 bits per heavy atom. The molecule has 2 heterocycles. The number of sulfonamides is 1. The van der Waals surface area contributed by atoms with E-state index in [2.05, 4.69) is 14.7 Å². The average molecular weight is 229 g/mol. The molecule has 0 unspecified atom stereocenters. The summed E-state index contributed by atoms with van der Waals surface area (Å²) in [5.41, 5.74) is -0.385. The van der Waals surface area contributed by atoms with Crippen molar-refractivity contribution in [1.82, 2.24) is 4.98 Å². The van der Waals surface area contributed by atoms with Gasteiger partial charge in [0.25, 0.3) is 5.09 Å². The van der Waals surface area contributed by atoms with E-state index >= 15 is 0 Å². The van der Waals surface area contributed by atoms with E-state index in [9.17, 15) is 8.42 Å². The Labute approximate surface area is 87.5 Å². The number of fused-ring (bicyclic) bond motifs is 1. The lowest BCUT2D eigenvalue weighted by molar-refractivity contribution is 0.447. The molecule has 0 radical (unpaired) electrons. The van der Waals surface area contributed by atoms with Crippen molar-refractivity contribution in [2.24, 2.45) is 9.81 Å². The van der Waals surface area contributed by atoms with Gasteiger partial charge in [-0.1, -0.05) is 20.8 Å². The third-order valence-electron chi connectivity index (χ3n) is 1.93. The maximum atomic E-state index is 11.6. The number of hydrogen-bond acceptors (Lipinski definition) is 5. The molecule has 6 nitrogen and oxygen atoms in total. The highest BCUT2D eigenvalue weighted by Crippen LogP contribution is 2.30. The van der Waals surface area contributed by atoms with Crippen molar-refractivity contribution in [2.75, 3.05) is 5.32 Å². The van der Waals surface area contributed by atoms with Crippen molar-refractivity contribution in [3.63, 3.8) is 0 Å². The van der Waals surface area contributed by atoms with Gasteiger partial charge in [-0.2, -0.15) is 13.4 Å². The molecule has 0 saturated carbocycles. The molecule has 7 heteroatoms. The second-order valence-corrected chi connectivity index (χ2v) is 5.78. The molecule has 0 amide bonds. The van der Waals surface area contributed by atoms with Gasteiger partial charge in [0.2, 0.25) is 0 Å². The lowest BCUT2D eigenvalue weighted by Crippen LogP contribution is -2.32. The Balaban J connectivity index is 2.58. The van der Waals surface area contributed by atoms with E-state index in [-0.39, 0.29) is 16.3 Å². The molecule has 15 heavy (non-hydrogen) atoms. The largest absolute Gasteiger partial charge is 0.428 e. The number of anilines is 1. The predicted octanol–water partition coefficient (Wildman–Crippen LogP) is 1.23. The zero-order valence-electron chi connectivity index (χ0n) is 8.60. The van der Waals surface area contributed by atoms with Gasteiger partial charge < -0.3 is 9.73 Å². The van der Waals surface area contributed by atoms with Crippen molar-refractivity contribution in [2.45, 2.75) is 25.9 Å². The molecule has 0 atom stereocenters. The zero-order chi connectivity index (χ0) is 11.3. The number of rotatable bonds is 0. The summed E-state index contributed by atoms with van der Waals surface area (Å²) < 4.78 is 31.7. The first-order valence-corrected chi connectivity index (χ1v) is 5.81. The molecule has 1 aliphatic rings. The normalized spacial score (nSPS) is 19.0. The first-order valence-electron chi connectivity index (χ1n) is 4.37. The van der Waals surface area contributed by atoms with Crippen molar-refractivity contribution >= 4 is 21.7 Å². The minimum atomic E-state index is -3.73. The van der Waals surface area contributed by atoms with Gasteiger partial charge in [-0.05, 0) is 0 Å². The van der Waals surface area contributed by atoms with E-state index in [0.29, 0.717) is 5.84 Å². The molecule has 82 valence electrons. The molecular weight excluding hydrogens is 218 g/mol. The SMILES string of the molecule is CC(C)(C)C1=NS(=O)(=O)c2ocnc2N1. The Hall–Kier alpha value is -1.37.